The van der Waals surface area contributed by atoms with Crippen molar-refractivity contribution in [2.45, 2.75) is 44.7 Å². The number of aromatic nitrogens is 2. The van der Waals surface area contributed by atoms with Gasteiger partial charge in [-0.05, 0) is 56.3 Å². The summed E-state index contributed by atoms with van der Waals surface area (Å²) in [6.07, 6.45) is 4.72. The van der Waals surface area contributed by atoms with Gasteiger partial charge in [-0.15, -0.1) is 0 Å². The molecule has 0 fully saturated rings. The van der Waals surface area contributed by atoms with Crippen LogP contribution in [0.4, 0.5) is 0 Å². The number of nitrogens with zero attached hydrogens (tertiary/aromatic N) is 3. The molecule has 4 rings (SSSR count). The largest absolute Gasteiger partial charge is 0.351 e. The lowest BCUT2D eigenvalue weighted by atomic mass is 9.91. The van der Waals surface area contributed by atoms with Gasteiger partial charge in [-0.2, -0.15) is 10.4 Å². The number of nitriles is 1. The van der Waals surface area contributed by atoms with Crippen LogP contribution < -0.4 is 10.6 Å². The fourth-order valence-corrected chi connectivity index (χ4v) is 3.89. The minimum absolute atomic E-state index is 0.0227. The van der Waals surface area contributed by atoms with E-state index in [1.165, 1.54) is 5.56 Å². The zero-order valence-corrected chi connectivity index (χ0v) is 14.8. The molecular weight excluding hydrogens is 326 g/mol. The number of carbonyl (C=O) groups is 1. The van der Waals surface area contributed by atoms with Gasteiger partial charge in [0.2, 0.25) is 0 Å². The molecule has 0 saturated carbocycles. The van der Waals surface area contributed by atoms with Gasteiger partial charge in [0.15, 0.2) is 0 Å². The number of amides is 1. The summed E-state index contributed by atoms with van der Waals surface area (Å²) in [5.74, 6) is 0.0227. The molecule has 2 aliphatic rings. The predicted octanol–water partition coefficient (Wildman–Crippen LogP) is 1.58. The molecule has 1 aliphatic carbocycles. The van der Waals surface area contributed by atoms with E-state index in [2.05, 4.69) is 21.8 Å². The Morgan fingerprint density at radius 3 is 3.00 bits per heavy atom. The summed E-state index contributed by atoms with van der Waals surface area (Å²) in [5, 5.41) is 20.2. The molecule has 0 radical (unpaired) electrons. The molecule has 1 aliphatic heterocycles. The van der Waals surface area contributed by atoms with Crippen LogP contribution in [0.2, 0.25) is 0 Å². The van der Waals surface area contributed by atoms with Crippen LogP contribution in [0.15, 0.2) is 24.3 Å². The Bertz CT molecular complexity index is 846. The summed E-state index contributed by atoms with van der Waals surface area (Å²) in [7, 11) is 0. The lowest BCUT2D eigenvalue weighted by Gasteiger charge is -2.23. The zero-order valence-electron chi connectivity index (χ0n) is 14.8. The summed E-state index contributed by atoms with van der Waals surface area (Å²) in [6.45, 7) is 2.43. The van der Waals surface area contributed by atoms with Gasteiger partial charge in [0.1, 0.15) is 5.69 Å². The maximum Gasteiger partial charge on any atom is 0.269 e. The van der Waals surface area contributed by atoms with Crippen molar-refractivity contribution >= 4 is 5.91 Å². The molecule has 1 unspecified atom stereocenters. The molecule has 6 nitrogen and oxygen atoms in total. The molecule has 134 valence electrons. The Morgan fingerprint density at radius 2 is 2.19 bits per heavy atom. The number of nitrogens with one attached hydrogen (secondary N) is 2. The minimum Gasteiger partial charge on any atom is -0.351 e. The highest BCUT2D eigenvalue weighted by molar-refractivity contribution is 5.94. The summed E-state index contributed by atoms with van der Waals surface area (Å²) < 4.78 is 1.91. The molecule has 0 saturated heterocycles. The van der Waals surface area contributed by atoms with Crippen LogP contribution in [0.5, 0.6) is 0 Å². The van der Waals surface area contributed by atoms with E-state index >= 15 is 0 Å². The van der Waals surface area contributed by atoms with E-state index in [4.69, 9.17) is 5.26 Å². The summed E-state index contributed by atoms with van der Waals surface area (Å²) in [5.41, 5.74) is 4.93. The first kappa shape index (κ1) is 16.8. The molecule has 0 spiro atoms. The first-order valence-electron chi connectivity index (χ1n) is 9.34. The van der Waals surface area contributed by atoms with E-state index in [-0.39, 0.29) is 5.91 Å². The van der Waals surface area contributed by atoms with Crippen LogP contribution in [0.25, 0.3) is 0 Å². The van der Waals surface area contributed by atoms with Crippen molar-refractivity contribution in [3.63, 3.8) is 0 Å². The van der Waals surface area contributed by atoms with Gasteiger partial charge in [0, 0.05) is 24.7 Å². The third kappa shape index (κ3) is 3.35. The molecule has 2 heterocycles. The molecular formula is C20H23N5O. The number of benzene rings is 1. The SMILES string of the molecule is N#Cc1ccc(CCNC2CCc3nn4c(c3C2)C(=O)NCCC4)cc1. The van der Waals surface area contributed by atoms with E-state index in [9.17, 15) is 4.79 Å². The Hall–Kier alpha value is -2.65. The summed E-state index contributed by atoms with van der Waals surface area (Å²) in [4.78, 5) is 12.4. The van der Waals surface area contributed by atoms with Gasteiger partial charge in [-0.3, -0.25) is 9.48 Å². The second-order valence-corrected chi connectivity index (χ2v) is 7.06. The van der Waals surface area contributed by atoms with E-state index in [0.29, 0.717) is 11.6 Å². The van der Waals surface area contributed by atoms with Crippen LogP contribution in [-0.2, 0) is 25.8 Å². The maximum absolute atomic E-state index is 12.4. The Labute approximate surface area is 153 Å². The Kier molecular flexibility index (Phi) is 4.72. The van der Waals surface area contributed by atoms with Crippen LogP contribution in [0.3, 0.4) is 0 Å². The van der Waals surface area contributed by atoms with Crippen LogP contribution in [-0.4, -0.2) is 34.8 Å². The molecule has 0 bridgehead atoms. The highest BCUT2D eigenvalue weighted by Crippen LogP contribution is 2.25. The van der Waals surface area contributed by atoms with Gasteiger partial charge >= 0.3 is 0 Å². The lowest BCUT2D eigenvalue weighted by Crippen LogP contribution is -2.36. The maximum atomic E-state index is 12.4. The molecule has 1 aromatic heterocycles. The third-order valence-corrected chi connectivity index (χ3v) is 5.29. The number of aryl methyl sites for hydroxylation is 2. The highest BCUT2D eigenvalue weighted by atomic mass is 16.2. The molecule has 26 heavy (non-hydrogen) atoms. The predicted molar refractivity (Wildman–Crippen MR) is 97.9 cm³/mol. The topological polar surface area (TPSA) is 82.7 Å². The van der Waals surface area contributed by atoms with Crippen molar-refractivity contribution in [2.24, 2.45) is 0 Å². The third-order valence-electron chi connectivity index (χ3n) is 5.29. The number of hydrogen-bond donors (Lipinski definition) is 2. The van der Waals surface area contributed by atoms with Crippen LogP contribution in [0, 0.1) is 11.3 Å². The quantitative estimate of drug-likeness (QED) is 0.878. The Morgan fingerprint density at radius 1 is 1.35 bits per heavy atom. The van der Waals surface area contributed by atoms with Crippen LogP contribution >= 0.6 is 0 Å². The van der Waals surface area contributed by atoms with Crippen molar-refractivity contribution in [1.82, 2.24) is 20.4 Å². The monoisotopic (exact) mass is 349 g/mol. The fraction of sp³-hybridized carbons (Fsp3) is 0.450. The van der Waals surface area contributed by atoms with E-state index < -0.39 is 0 Å². The van der Waals surface area contributed by atoms with E-state index in [1.54, 1.807) is 0 Å². The van der Waals surface area contributed by atoms with E-state index in [1.807, 2.05) is 28.9 Å². The summed E-state index contributed by atoms with van der Waals surface area (Å²) in [6, 6.07) is 10.3. The second-order valence-electron chi connectivity index (χ2n) is 7.06. The molecule has 2 N–H and O–H groups in total. The second kappa shape index (κ2) is 7.30. The van der Waals surface area contributed by atoms with Gasteiger partial charge < -0.3 is 10.6 Å². The van der Waals surface area contributed by atoms with Crippen LogP contribution in [0.1, 0.15) is 45.7 Å². The first-order chi connectivity index (χ1) is 12.7. The van der Waals surface area contributed by atoms with Gasteiger partial charge in [-0.25, -0.2) is 0 Å². The van der Waals surface area contributed by atoms with Crippen molar-refractivity contribution in [1.29, 1.82) is 5.26 Å². The van der Waals surface area contributed by atoms with Gasteiger partial charge in [0.05, 0.1) is 17.3 Å². The molecule has 2 aromatic rings. The van der Waals surface area contributed by atoms with Gasteiger partial charge in [-0.1, -0.05) is 12.1 Å². The molecule has 1 aromatic carbocycles. The normalized spacial score (nSPS) is 19.0. The van der Waals surface area contributed by atoms with Crippen molar-refractivity contribution in [2.75, 3.05) is 13.1 Å². The Balaban J connectivity index is 1.38. The van der Waals surface area contributed by atoms with E-state index in [0.717, 1.165) is 68.7 Å². The first-order valence-corrected chi connectivity index (χ1v) is 9.34. The number of hydrogen-bond acceptors (Lipinski definition) is 4. The smallest absolute Gasteiger partial charge is 0.269 e. The van der Waals surface area contributed by atoms with Crippen molar-refractivity contribution in [3.05, 3.63) is 52.3 Å². The summed E-state index contributed by atoms with van der Waals surface area (Å²) >= 11 is 0. The zero-order chi connectivity index (χ0) is 17.9. The van der Waals surface area contributed by atoms with Gasteiger partial charge in [0.25, 0.3) is 5.91 Å². The molecule has 1 atom stereocenters. The average molecular weight is 349 g/mol. The number of fused-ring (bicyclic) bond motifs is 3. The minimum atomic E-state index is 0.0227. The standard InChI is InChI=1S/C20H23N5O/c21-13-15-4-2-14(3-5-15)8-10-22-16-6-7-18-17(12-16)19-20(26)23-9-1-11-25(19)24-18/h2-5,16,22H,1,6-12H2,(H,23,26). The number of carbonyl (C=O) groups excluding carboxylic acids is 1. The highest BCUT2D eigenvalue weighted by Gasteiger charge is 2.29. The fourth-order valence-electron chi connectivity index (χ4n) is 3.89. The molecule has 1 amide bonds. The van der Waals surface area contributed by atoms with Crippen molar-refractivity contribution < 1.29 is 4.79 Å². The number of rotatable bonds is 4. The van der Waals surface area contributed by atoms with Crippen molar-refractivity contribution in [3.8, 4) is 6.07 Å². The lowest BCUT2D eigenvalue weighted by molar-refractivity contribution is 0.0949. The molecule has 6 heteroatoms. The average Bonchev–Trinajstić information content (AvgIpc) is 2.93.